The third kappa shape index (κ3) is 11.9. The fourth-order valence-electron chi connectivity index (χ4n) is 0.414. The Kier molecular flexibility index (Phi) is 11.7. The zero-order valence-electron chi connectivity index (χ0n) is 6.09. The van der Waals surface area contributed by atoms with E-state index in [9.17, 15) is 0 Å². The molecule has 1 atom stereocenters. The van der Waals surface area contributed by atoms with Crippen molar-refractivity contribution in [1.29, 1.82) is 0 Å². The first kappa shape index (κ1) is 12.3. The van der Waals surface area contributed by atoms with E-state index in [0.29, 0.717) is 6.04 Å². The molecule has 2 N–H and O–H groups in total. The summed E-state index contributed by atoms with van der Waals surface area (Å²) in [5, 5.41) is 0. The van der Waals surface area contributed by atoms with E-state index >= 15 is 0 Å². The van der Waals surface area contributed by atoms with Gasteiger partial charge in [-0.1, -0.05) is 6.92 Å². The fraction of sp³-hybridized carbons (Fsp3) is 1.00. The lowest BCUT2D eigenvalue weighted by molar-refractivity contribution is 0.846. The summed E-state index contributed by atoms with van der Waals surface area (Å²) in [4.78, 5) is 0. The number of halogens is 1. The summed E-state index contributed by atoms with van der Waals surface area (Å²) in [6, 6.07) is 0.367. The molecule has 0 spiro atoms. The van der Waals surface area contributed by atoms with Crippen molar-refractivity contribution >= 4 is 24.2 Å². The summed E-state index contributed by atoms with van der Waals surface area (Å²) in [5.41, 5.74) is 5.51. The molecule has 0 radical (unpaired) electrons. The third-order valence-electron chi connectivity index (χ3n) is 0.729. The summed E-state index contributed by atoms with van der Waals surface area (Å²) >= 11 is 1.94. The molecule has 3 heteroatoms. The summed E-state index contributed by atoms with van der Waals surface area (Å²) in [6.07, 6.45) is 1.26. The molecule has 0 heterocycles. The summed E-state index contributed by atoms with van der Waals surface area (Å²) in [6.45, 7) is 4.23. The molecule has 58 valence electrons. The second kappa shape index (κ2) is 8.60. The van der Waals surface area contributed by atoms with Crippen LogP contribution in [0.1, 0.15) is 20.3 Å². The molecule has 0 aromatic heterocycles. The Labute approximate surface area is 68.2 Å². The molecule has 0 aromatic rings. The van der Waals surface area contributed by atoms with E-state index in [-0.39, 0.29) is 12.4 Å². The van der Waals surface area contributed by atoms with Crippen molar-refractivity contribution in [2.24, 2.45) is 5.73 Å². The molecule has 9 heavy (non-hydrogen) atoms. The standard InChI is InChI=1S/C6H15NS.ClH/c1-3-4-8-5-6(2)7;/h6H,3-5,7H2,1-2H3;1H/t6-;/m1./s1. The summed E-state index contributed by atoms with van der Waals surface area (Å²) in [5.74, 6) is 2.36. The Balaban J connectivity index is 0. The highest BCUT2D eigenvalue weighted by molar-refractivity contribution is 7.99. The van der Waals surface area contributed by atoms with Crippen molar-refractivity contribution in [3.05, 3.63) is 0 Å². The zero-order chi connectivity index (χ0) is 6.41. The van der Waals surface area contributed by atoms with E-state index in [0.717, 1.165) is 5.75 Å². The number of nitrogens with two attached hydrogens (primary N) is 1. The van der Waals surface area contributed by atoms with E-state index in [2.05, 4.69) is 6.92 Å². The lowest BCUT2D eigenvalue weighted by Gasteiger charge is -2.01. The minimum Gasteiger partial charge on any atom is -0.327 e. The molecule has 0 saturated carbocycles. The Morgan fingerprint density at radius 2 is 2.11 bits per heavy atom. The van der Waals surface area contributed by atoms with Crippen molar-refractivity contribution in [2.75, 3.05) is 11.5 Å². The van der Waals surface area contributed by atoms with Gasteiger partial charge in [-0.15, -0.1) is 12.4 Å². The molecule has 1 nitrogen and oxygen atoms in total. The van der Waals surface area contributed by atoms with Gasteiger partial charge in [-0.3, -0.25) is 0 Å². The summed E-state index contributed by atoms with van der Waals surface area (Å²) in [7, 11) is 0. The predicted molar refractivity (Wildman–Crippen MR) is 48.5 cm³/mol. The Hall–Kier alpha value is 0.600. The lowest BCUT2D eigenvalue weighted by Crippen LogP contribution is -2.17. The van der Waals surface area contributed by atoms with Crippen LogP contribution in [0.15, 0.2) is 0 Å². The minimum absolute atomic E-state index is 0. The molecule has 0 aliphatic heterocycles. The van der Waals surface area contributed by atoms with Crippen LogP contribution in [0.5, 0.6) is 0 Å². The molecule has 0 unspecified atom stereocenters. The Morgan fingerprint density at radius 3 is 2.44 bits per heavy atom. The van der Waals surface area contributed by atoms with Crippen LogP contribution in [0.4, 0.5) is 0 Å². The number of rotatable bonds is 4. The maximum atomic E-state index is 5.51. The quantitative estimate of drug-likeness (QED) is 0.651. The van der Waals surface area contributed by atoms with Crippen LogP contribution in [0.2, 0.25) is 0 Å². The van der Waals surface area contributed by atoms with Gasteiger partial charge in [0.25, 0.3) is 0 Å². The number of hydrogen-bond acceptors (Lipinski definition) is 2. The molecule has 0 amide bonds. The van der Waals surface area contributed by atoms with Gasteiger partial charge in [0.1, 0.15) is 0 Å². The average Bonchev–Trinajstić information content (AvgIpc) is 1.66. The van der Waals surface area contributed by atoms with Gasteiger partial charge in [-0.25, -0.2) is 0 Å². The summed E-state index contributed by atoms with van der Waals surface area (Å²) < 4.78 is 0. The molecule has 0 bridgehead atoms. The second-order valence-corrected chi connectivity index (χ2v) is 3.20. The van der Waals surface area contributed by atoms with Crippen molar-refractivity contribution in [3.8, 4) is 0 Å². The van der Waals surface area contributed by atoms with Crippen molar-refractivity contribution < 1.29 is 0 Å². The topological polar surface area (TPSA) is 26.0 Å². The lowest BCUT2D eigenvalue weighted by atomic mass is 10.4. The molecule has 0 aliphatic carbocycles. The molecule has 0 saturated heterocycles. The largest absolute Gasteiger partial charge is 0.327 e. The van der Waals surface area contributed by atoms with Gasteiger partial charge in [0.15, 0.2) is 0 Å². The van der Waals surface area contributed by atoms with Gasteiger partial charge in [-0.05, 0) is 19.1 Å². The van der Waals surface area contributed by atoms with Crippen LogP contribution in [0, 0.1) is 0 Å². The average molecular weight is 170 g/mol. The van der Waals surface area contributed by atoms with Crippen molar-refractivity contribution in [3.63, 3.8) is 0 Å². The maximum Gasteiger partial charge on any atom is 0.0101 e. The fourth-order valence-corrected chi connectivity index (χ4v) is 1.24. The molecule has 0 aliphatic rings. The number of hydrogen-bond donors (Lipinski definition) is 1. The van der Waals surface area contributed by atoms with Crippen LogP contribution in [0.3, 0.4) is 0 Å². The van der Waals surface area contributed by atoms with Gasteiger partial charge < -0.3 is 5.73 Å². The highest BCUT2D eigenvalue weighted by atomic mass is 35.5. The molecular weight excluding hydrogens is 154 g/mol. The molecular formula is C6H16ClNS. The minimum atomic E-state index is 0. The molecule has 0 rings (SSSR count). The highest BCUT2D eigenvalue weighted by Gasteiger charge is 1.90. The van der Waals surface area contributed by atoms with E-state index in [1.54, 1.807) is 0 Å². The van der Waals surface area contributed by atoms with E-state index < -0.39 is 0 Å². The zero-order valence-corrected chi connectivity index (χ0v) is 7.73. The van der Waals surface area contributed by atoms with Gasteiger partial charge in [0, 0.05) is 11.8 Å². The first-order valence-electron chi connectivity index (χ1n) is 3.10. The Morgan fingerprint density at radius 1 is 1.56 bits per heavy atom. The normalized spacial score (nSPS) is 12.3. The maximum absolute atomic E-state index is 5.51. The predicted octanol–water partition coefficient (Wildman–Crippen LogP) is 1.90. The van der Waals surface area contributed by atoms with Crippen LogP contribution < -0.4 is 5.73 Å². The second-order valence-electron chi connectivity index (χ2n) is 2.05. The highest BCUT2D eigenvalue weighted by Crippen LogP contribution is 2.01. The van der Waals surface area contributed by atoms with E-state index in [4.69, 9.17) is 5.73 Å². The van der Waals surface area contributed by atoms with Crippen LogP contribution >= 0.6 is 24.2 Å². The van der Waals surface area contributed by atoms with Crippen LogP contribution in [-0.2, 0) is 0 Å². The smallest absolute Gasteiger partial charge is 0.0101 e. The first-order valence-corrected chi connectivity index (χ1v) is 4.26. The van der Waals surface area contributed by atoms with Gasteiger partial charge in [0.2, 0.25) is 0 Å². The van der Waals surface area contributed by atoms with E-state index in [1.807, 2.05) is 18.7 Å². The van der Waals surface area contributed by atoms with E-state index in [1.165, 1.54) is 12.2 Å². The first-order chi connectivity index (χ1) is 3.77. The van der Waals surface area contributed by atoms with Crippen molar-refractivity contribution in [1.82, 2.24) is 0 Å². The molecule has 0 fully saturated rings. The monoisotopic (exact) mass is 169 g/mol. The van der Waals surface area contributed by atoms with Crippen molar-refractivity contribution in [2.45, 2.75) is 26.3 Å². The number of thioether (sulfide) groups is 1. The molecule has 0 aromatic carbocycles. The van der Waals surface area contributed by atoms with Gasteiger partial charge in [-0.2, -0.15) is 11.8 Å². The van der Waals surface area contributed by atoms with Gasteiger partial charge in [0.05, 0.1) is 0 Å². The van der Waals surface area contributed by atoms with Crippen LogP contribution in [-0.4, -0.2) is 17.5 Å². The van der Waals surface area contributed by atoms with Gasteiger partial charge >= 0.3 is 0 Å². The van der Waals surface area contributed by atoms with Crippen LogP contribution in [0.25, 0.3) is 0 Å². The Bertz CT molecular complexity index is 50.3. The SMILES string of the molecule is CCCSC[C@@H](C)N.Cl. The third-order valence-corrected chi connectivity index (χ3v) is 2.19.